The predicted molar refractivity (Wildman–Crippen MR) is 109 cm³/mol. The highest BCUT2D eigenvalue weighted by atomic mass is 79.9. The van der Waals surface area contributed by atoms with Crippen LogP contribution in [0, 0.1) is 35.5 Å². The van der Waals surface area contributed by atoms with E-state index in [1.54, 1.807) is 11.1 Å². The van der Waals surface area contributed by atoms with E-state index in [-0.39, 0.29) is 6.42 Å². The van der Waals surface area contributed by atoms with Crippen molar-refractivity contribution in [2.24, 2.45) is 0 Å². The zero-order chi connectivity index (χ0) is 18.4. The van der Waals surface area contributed by atoms with E-state index in [1.165, 1.54) is 0 Å². The first kappa shape index (κ1) is 23.1. The Morgan fingerprint density at radius 3 is 2.12 bits per heavy atom. The van der Waals surface area contributed by atoms with Crippen molar-refractivity contribution < 1.29 is 9.90 Å². The quantitative estimate of drug-likeness (QED) is 0.348. The maximum absolute atomic E-state index is 10.3. The Morgan fingerprint density at radius 2 is 1.44 bits per heavy atom. The Bertz CT molecular complexity index is 583. The van der Waals surface area contributed by atoms with Crippen LogP contribution in [0.15, 0.2) is 23.2 Å². The van der Waals surface area contributed by atoms with Gasteiger partial charge in [0.15, 0.2) is 0 Å². The van der Waals surface area contributed by atoms with E-state index in [0.29, 0.717) is 0 Å². The molecule has 0 amide bonds. The van der Waals surface area contributed by atoms with E-state index in [1.807, 2.05) is 6.08 Å². The topological polar surface area (TPSA) is 37.3 Å². The lowest BCUT2D eigenvalue weighted by molar-refractivity contribution is -0.137. The van der Waals surface area contributed by atoms with Crippen LogP contribution in [0.4, 0.5) is 0 Å². The van der Waals surface area contributed by atoms with Crippen molar-refractivity contribution in [2.75, 3.05) is 0 Å². The number of halogens is 1. The predicted octanol–water partition coefficient (Wildman–Crippen LogP) is 5.84. The summed E-state index contributed by atoms with van der Waals surface area (Å²) in [6.07, 6.45) is 16.1. The molecule has 0 saturated carbocycles. The van der Waals surface area contributed by atoms with Crippen molar-refractivity contribution in [3.05, 3.63) is 23.2 Å². The molecule has 25 heavy (non-hydrogen) atoms. The van der Waals surface area contributed by atoms with E-state index in [4.69, 9.17) is 5.11 Å². The van der Waals surface area contributed by atoms with Gasteiger partial charge in [-0.1, -0.05) is 65.0 Å². The number of rotatable bonds is 11. The molecule has 134 valence electrons. The molecule has 0 aromatic carbocycles. The second kappa shape index (κ2) is 20.2. The summed E-state index contributed by atoms with van der Waals surface area (Å²) < 4.78 is 0. The Hall–Kier alpha value is -1.89. The minimum absolute atomic E-state index is 0.286. The molecular weight excluding hydrogens is 376 g/mol. The van der Waals surface area contributed by atoms with Gasteiger partial charge in [0.1, 0.15) is 0 Å². The second-order valence-electron chi connectivity index (χ2n) is 5.49. The Morgan fingerprint density at radius 1 is 0.840 bits per heavy atom. The maximum atomic E-state index is 10.3. The zero-order valence-electron chi connectivity index (χ0n) is 14.8. The van der Waals surface area contributed by atoms with Crippen LogP contribution in [0.5, 0.6) is 0 Å². The van der Waals surface area contributed by atoms with Gasteiger partial charge < -0.3 is 5.11 Å². The Kier molecular flexibility index (Phi) is 18.6. The molecular formula is C22H27BrO2. The number of carbonyl (C=O) groups is 1. The number of carboxylic acid groups (broad SMARTS) is 1. The SMILES string of the molecule is O=C(O)CCCCCCCC#CC#CCCCCC=CC#CC=CBr. The van der Waals surface area contributed by atoms with Crippen molar-refractivity contribution in [1.82, 2.24) is 0 Å². The van der Waals surface area contributed by atoms with Gasteiger partial charge >= 0.3 is 5.97 Å². The molecule has 0 fully saturated rings. The normalized spacial score (nSPS) is 9.80. The molecule has 0 heterocycles. The average molecular weight is 403 g/mol. The molecule has 3 heteroatoms. The highest BCUT2D eigenvalue weighted by molar-refractivity contribution is 9.11. The monoisotopic (exact) mass is 402 g/mol. The number of unbranched alkanes of at least 4 members (excludes halogenated alkanes) is 8. The Balaban J connectivity index is 3.44. The van der Waals surface area contributed by atoms with Gasteiger partial charge in [0.25, 0.3) is 0 Å². The molecule has 0 aromatic rings. The van der Waals surface area contributed by atoms with Crippen molar-refractivity contribution in [2.45, 2.75) is 70.6 Å². The first-order chi connectivity index (χ1) is 12.3. The number of aliphatic carboxylic acids is 1. The van der Waals surface area contributed by atoms with Crippen LogP contribution in [0.2, 0.25) is 0 Å². The van der Waals surface area contributed by atoms with E-state index in [2.05, 4.69) is 57.5 Å². The van der Waals surface area contributed by atoms with Gasteiger partial charge in [-0.3, -0.25) is 4.79 Å². The molecule has 0 atom stereocenters. The molecule has 0 rings (SSSR count). The van der Waals surface area contributed by atoms with Gasteiger partial charge in [-0.25, -0.2) is 0 Å². The molecule has 0 aliphatic rings. The van der Waals surface area contributed by atoms with Crippen LogP contribution in [0.25, 0.3) is 0 Å². The zero-order valence-corrected chi connectivity index (χ0v) is 16.4. The van der Waals surface area contributed by atoms with E-state index in [0.717, 1.165) is 64.2 Å². The number of carboxylic acids is 1. The van der Waals surface area contributed by atoms with Gasteiger partial charge in [-0.05, 0) is 61.1 Å². The summed E-state index contributed by atoms with van der Waals surface area (Å²) in [7, 11) is 0. The smallest absolute Gasteiger partial charge is 0.303 e. The fourth-order valence-electron chi connectivity index (χ4n) is 1.98. The molecule has 0 saturated heterocycles. The van der Waals surface area contributed by atoms with Crippen LogP contribution in [-0.2, 0) is 4.79 Å². The largest absolute Gasteiger partial charge is 0.481 e. The lowest BCUT2D eigenvalue weighted by Gasteiger charge is -1.97. The summed E-state index contributed by atoms with van der Waals surface area (Å²) in [6.45, 7) is 0. The molecule has 0 unspecified atom stereocenters. The van der Waals surface area contributed by atoms with Crippen molar-refractivity contribution in [3.63, 3.8) is 0 Å². The van der Waals surface area contributed by atoms with Crippen molar-refractivity contribution in [1.29, 1.82) is 0 Å². The first-order valence-electron chi connectivity index (χ1n) is 8.86. The van der Waals surface area contributed by atoms with Gasteiger partial charge in [0.05, 0.1) is 0 Å². The number of allylic oxidation sites excluding steroid dienone is 3. The van der Waals surface area contributed by atoms with E-state index in [9.17, 15) is 4.79 Å². The fourth-order valence-corrected chi connectivity index (χ4v) is 2.11. The average Bonchev–Trinajstić information content (AvgIpc) is 2.60. The standard InChI is InChI=1S/C22H27BrO2/c23-21-19-17-15-13-11-9-7-5-3-1-2-4-6-8-10-12-14-16-18-20-22(24)25/h11,13,19,21H,3,5,7-10,12,14,16,18,20H2,(H,24,25). The number of hydrogen-bond acceptors (Lipinski definition) is 1. The molecule has 2 nitrogen and oxygen atoms in total. The van der Waals surface area contributed by atoms with E-state index >= 15 is 0 Å². The van der Waals surface area contributed by atoms with E-state index < -0.39 is 5.97 Å². The van der Waals surface area contributed by atoms with Crippen LogP contribution >= 0.6 is 15.9 Å². The highest BCUT2D eigenvalue weighted by Crippen LogP contribution is 2.06. The van der Waals surface area contributed by atoms with Crippen LogP contribution in [-0.4, -0.2) is 11.1 Å². The van der Waals surface area contributed by atoms with Gasteiger partial charge in [0.2, 0.25) is 0 Å². The minimum Gasteiger partial charge on any atom is -0.481 e. The van der Waals surface area contributed by atoms with Gasteiger partial charge in [0, 0.05) is 19.3 Å². The minimum atomic E-state index is -0.700. The third-order valence-electron chi connectivity index (χ3n) is 3.29. The summed E-state index contributed by atoms with van der Waals surface area (Å²) >= 11 is 3.16. The number of hydrogen-bond donors (Lipinski definition) is 1. The highest BCUT2D eigenvalue weighted by Gasteiger charge is 1.95. The third-order valence-corrected chi connectivity index (χ3v) is 3.55. The first-order valence-corrected chi connectivity index (χ1v) is 9.77. The summed E-state index contributed by atoms with van der Waals surface area (Å²) in [6, 6.07) is 0. The Labute approximate surface area is 161 Å². The lowest BCUT2D eigenvalue weighted by Crippen LogP contribution is -1.93. The third kappa shape index (κ3) is 22.1. The van der Waals surface area contributed by atoms with Crippen molar-refractivity contribution >= 4 is 21.9 Å². The van der Waals surface area contributed by atoms with Crippen LogP contribution in [0.3, 0.4) is 0 Å². The summed E-state index contributed by atoms with van der Waals surface area (Å²) in [5, 5.41) is 8.52. The second-order valence-corrected chi connectivity index (χ2v) is 6.02. The summed E-state index contributed by atoms with van der Waals surface area (Å²) in [5.74, 6) is 17.1. The maximum Gasteiger partial charge on any atom is 0.303 e. The summed E-state index contributed by atoms with van der Waals surface area (Å²) in [5.41, 5.74) is 0. The molecule has 0 spiro atoms. The molecule has 0 aliphatic heterocycles. The molecule has 0 bridgehead atoms. The molecule has 0 aliphatic carbocycles. The van der Waals surface area contributed by atoms with Crippen LogP contribution in [0.1, 0.15) is 70.6 Å². The molecule has 1 N–H and O–H groups in total. The fraction of sp³-hybridized carbons (Fsp3) is 0.500. The molecule has 0 aromatic heterocycles. The van der Waals surface area contributed by atoms with Crippen LogP contribution < -0.4 is 0 Å². The lowest BCUT2D eigenvalue weighted by atomic mass is 10.1. The van der Waals surface area contributed by atoms with Gasteiger partial charge in [-0.15, -0.1) is 0 Å². The van der Waals surface area contributed by atoms with Crippen molar-refractivity contribution in [3.8, 4) is 35.5 Å². The molecule has 0 radical (unpaired) electrons. The van der Waals surface area contributed by atoms with Gasteiger partial charge in [-0.2, -0.15) is 0 Å². The summed E-state index contributed by atoms with van der Waals surface area (Å²) in [4.78, 5) is 12.1.